The monoisotopic (exact) mass is 359 g/mol. The second kappa shape index (κ2) is 7.10. The maximum atomic E-state index is 11.9. The third-order valence-electron chi connectivity index (χ3n) is 3.19. The van der Waals surface area contributed by atoms with Gasteiger partial charge in [0.1, 0.15) is 0 Å². The van der Waals surface area contributed by atoms with E-state index in [1.807, 2.05) is 31.2 Å². The first kappa shape index (κ1) is 16.1. The number of esters is 1. The van der Waals surface area contributed by atoms with Crippen molar-refractivity contribution in [3.05, 3.63) is 56.8 Å². The molecule has 5 heteroatoms. The quantitative estimate of drug-likeness (QED) is 0.519. The minimum absolute atomic E-state index is 0.195. The molecule has 4 nitrogen and oxygen atoms in total. The average molecular weight is 360 g/mol. The number of methoxy groups -OCH3 is 1. The smallest absolute Gasteiger partial charge is 0.340 e. The minimum Gasteiger partial charge on any atom is -0.465 e. The summed E-state index contributed by atoms with van der Waals surface area (Å²) in [5.74, 6) is 5.48. The highest BCUT2D eigenvalue weighted by Gasteiger charge is 2.21. The molecule has 0 saturated carbocycles. The Morgan fingerprint density at radius 2 is 2.09 bits per heavy atom. The first-order valence-corrected chi connectivity index (χ1v) is 7.46. The van der Waals surface area contributed by atoms with E-state index in [1.165, 1.54) is 7.11 Å². The first-order chi connectivity index (χ1) is 10.6. The van der Waals surface area contributed by atoms with Crippen LogP contribution in [0, 0.1) is 11.8 Å². The molecular weight excluding hydrogens is 346 g/mol. The van der Waals surface area contributed by atoms with Crippen LogP contribution in [0.1, 0.15) is 44.6 Å². The summed E-state index contributed by atoms with van der Waals surface area (Å²) in [6.45, 7) is 1.90. The molecule has 112 valence electrons. The Morgan fingerprint density at radius 3 is 2.68 bits per heavy atom. The predicted octanol–water partition coefficient (Wildman–Crippen LogP) is 3.34. The molecule has 0 saturated heterocycles. The number of nitrogens with one attached hydrogen (secondary N) is 1. The molecule has 22 heavy (non-hydrogen) atoms. The Hall–Kier alpha value is -2.32. The van der Waals surface area contributed by atoms with E-state index in [9.17, 15) is 9.59 Å². The Kier molecular flexibility index (Phi) is 5.18. The van der Waals surface area contributed by atoms with Gasteiger partial charge in [0, 0.05) is 15.6 Å². The Bertz CT molecular complexity index is 781. The molecule has 0 aliphatic carbocycles. The topological polar surface area (TPSA) is 59.2 Å². The Balaban J connectivity index is 2.54. The van der Waals surface area contributed by atoms with Crippen molar-refractivity contribution in [2.75, 3.05) is 7.11 Å². The predicted molar refractivity (Wildman–Crippen MR) is 87.0 cm³/mol. The van der Waals surface area contributed by atoms with Gasteiger partial charge in [0.25, 0.3) is 0 Å². The molecule has 1 aromatic carbocycles. The number of ether oxygens (including phenoxy) is 1. The number of carbonyl (C=O) groups excluding carboxylic acids is 2. The maximum Gasteiger partial charge on any atom is 0.340 e. The van der Waals surface area contributed by atoms with Crippen LogP contribution < -0.4 is 0 Å². The van der Waals surface area contributed by atoms with Gasteiger partial charge in [0.05, 0.1) is 24.1 Å². The number of hydrogen-bond acceptors (Lipinski definition) is 3. The van der Waals surface area contributed by atoms with E-state index in [1.54, 1.807) is 0 Å². The SMILES string of the molecule is CCc1c(C#Cc2ccccc2Br)[nH]c(C=O)c1C(=O)OC. The standard InChI is InChI=1S/C17H14BrNO3/c1-3-12-14(9-8-11-6-4-5-7-13(11)18)19-15(10-20)16(12)17(21)22-2/h4-7,10,19H,3H2,1-2H3. The van der Waals surface area contributed by atoms with Crippen LogP contribution in [0.4, 0.5) is 0 Å². The van der Waals surface area contributed by atoms with Crippen molar-refractivity contribution in [2.24, 2.45) is 0 Å². The zero-order valence-corrected chi connectivity index (χ0v) is 13.8. The van der Waals surface area contributed by atoms with E-state index < -0.39 is 5.97 Å². The molecule has 0 spiro atoms. The Labute approximate surface area is 137 Å². The van der Waals surface area contributed by atoms with Gasteiger partial charge >= 0.3 is 5.97 Å². The molecule has 2 rings (SSSR count). The number of rotatable bonds is 3. The van der Waals surface area contributed by atoms with Crippen molar-refractivity contribution in [1.82, 2.24) is 4.98 Å². The number of H-pyrrole nitrogens is 1. The fraction of sp³-hybridized carbons (Fsp3) is 0.176. The summed E-state index contributed by atoms with van der Waals surface area (Å²) in [5, 5.41) is 0. The molecule has 0 fully saturated rings. The van der Waals surface area contributed by atoms with Crippen LogP contribution in [-0.2, 0) is 11.2 Å². The highest BCUT2D eigenvalue weighted by molar-refractivity contribution is 9.10. The van der Waals surface area contributed by atoms with E-state index in [0.29, 0.717) is 24.0 Å². The van der Waals surface area contributed by atoms with Gasteiger partial charge in [-0.15, -0.1) is 0 Å². The molecule has 0 amide bonds. The fourth-order valence-electron chi connectivity index (χ4n) is 2.14. The van der Waals surface area contributed by atoms with Gasteiger partial charge in [0.2, 0.25) is 0 Å². The van der Waals surface area contributed by atoms with E-state index in [-0.39, 0.29) is 11.3 Å². The number of aromatic nitrogens is 1. The van der Waals surface area contributed by atoms with Crippen molar-refractivity contribution >= 4 is 28.2 Å². The third kappa shape index (κ3) is 3.12. The van der Waals surface area contributed by atoms with Gasteiger partial charge in [-0.2, -0.15) is 0 Å². The van der Waals surface area contributed by atoms with Gasteiger partial charge in [-0.1, -0.05) is 25.0 Å². The van der Waals surface area contributed by atoms with Crippen LogP contribution in [0.3, 0.4) is 0 Å². The molecular formula is C17H14BrNO3. The van der Waals surface area contributed by atoms with Gasteiger partial charge in [-0.25, -0.2) is 4.79 Å². The summed E-state index contributed by atoms with van der Waals surface area (Å²) in [4.78, 5) is 25.9. The van der Waals surface area contributed by atoms with Crippen molar-refractivity contribution < 1.29 is 14.3 Å². The molecule has 0 atom stereocenters. The number of carbonyl (C=O) groups is 2. The van der Waals surface area contributed by atoms with E-state index in [0.717, 1.165) is 10.0 Å². The normalized spacial score (nSPS) is 9.77. The molecule has 0 bridgehead atoms. The average Bonchev–Trinajstić information content (AvgIpc) is 2.91. The molecule has 1 N–H and O–H groups in total. The number of aromatic amines is 1. The Morgan fingerprint density at radius 1 is 1.36 bits per heavy atom. The van der Waals surface area contributed by atoms with E-state index in [4.69, 9.17) is 4.74 Å². The molecule has 1 heterocycles. The molecule has 2 aromatic rings. The largest absolute Gasteiger partial charge is 0.465 e. The lowest BCUT2D eigenvalue weighted by molar-refractivity contribution is 0.0597. The number of hydrogen-bond donors (Lipinski definition) is 1. The first-order valence-electron chi connectivity index (χ1n) is 6.67. The van der Waals surface area contributed by atoms with Crippen LogP contribution in [0.5, 0.6) is 0 Å². The number of halogens is 1. The zero-order valence-electron chi connectivity index (χ0n) is 12.2. The van der Waals surface area contributed by atoms with Crippen LogP contribution in [0.25, 0.3) is 0 Å². The third-order valence-corrected chi connectivity index (χ3v) is 3.88. The molecule has 0 aliphatic rings. The lowest BCUT2D eigenvalue weighted by atomic mass is 10.1. The van der Waals surface area contributed by atoms with Crippen LogP contribution in [-0.4, -0.2) is 24.3 Å². The second-order valence-corrected chi connectivity index (χ2v) is 5.31. The fourth-order valence-corrected chi connectivity index (χ4v) is 2.52. The summed E-state index contributed by atoms with van der Waals surface area (Å²) in [7, 11) is 1.29. The summed E-state index contributed by atoms with van der Waals surface area (Å²) < 4.78 is 5.63. The molecule has 0 radical (unpaired) electrons. The molecule has 1 aromatic heterocycles. The van der Waals surface area contributed by atoms with Crippen molar-refractivity contribution in [3.8, 4) is 11.8 Å². The van der Waals surface area contributed by atoms with Gasteiger partial charge < -0.3 is 9.72 Å². The maximum absolute atomic E-state index is 11.9. The summed E-state index contributed by atoms with van der Waals surface area (Å²) in [6, 6.07) is 7.58. The lowest BCUT2D eigenvalue weighted by Gasteiger charge is -2.00. The highest BCUT2D eigenvalue weighted by Crippen LogP contribution is 2.20. The van der Waals surface area contributed by atoms with Gasteiger partial charge in [-0.05, 0) is 40.4 Å². The van der Waals surface area contributed by atoms with Crippen molar-refractivity contribution in [1.29, 1.82) is 0 Å². The molecule has 0 unspecified atom stereocenters. The zero-order chi connectivity index (χ0) is 16.1. The second-order valence-electron chi connectivity index (χ2n) is 4.46. The number of aldehydes is 1. The van der Waals surface area contributed by atoms with Gasteiger partial charge in [-0.3, -0.25) is 4.79 Å². The lowest BCUT2D eigenvalue weighted by Crippen LogP contribution is -2.06. The summed E-state index contributed by atoms with van der Waals surface area (Å²) in [6.07, 6.45) is 1.17. The summed E-state index contributed by atoms with van der Waals surface area (Å²) >= 11 is 3.43. The number of benzene rings is 1. The van der Waals surface area contributed by atoms with Crippen LogP contribution >= 0.6 is 15.9 Å². The summed E-state index contributed by atoms with van der Waals surface area (Å²) in [5.41, 5.74) is 2.53. The van der Waals surface area contributed by atoms with Crippen molar-refractivity contribution in [3.63, 3.8) is 0 Å². The van der Waals surface area contributed by atoms with Crippen molar-refractivity contribution in [2.45, 2.75) is 13.3 Å². The van der Waals surface area contributed by atoms with E-state index >= 15 is 0 Å². The van der Waals surface area contributed by atoms with Crippen LogP contribution in [0.15, 0.2) is 28.7 Å². The highest BCUT2D eigenvalue weighted by atomic mass is 79.9. The van der Waals surface area contributed by atoms with Gasteiger partial charge in [0.15, 0.2) is 6.29 Å². The van der Waals surface area contributed by atoms with Crippen LogP contribution in [0.2, 0.25) is 0 Å². The minimum atomic E-state index is -0.538. The van der Waals surface area contributed by atoms with E-state index in [2.05, 4.69) is 32.8 Å². The molecule has 0 aliphatic heterocycles.